The molecule has 4 heteroatoms. The molecule has 5 unspecified atom stereocenters. The van der Waals surface area contributed by atoms with Crippen molar-refractivity contribution in [3.8, 4) is 0 Å². The Morgan fingerprint density at radius 1 is 1.45 bits per heavy atom. The predicted octanol–water partition coefficient (Wildman–Crippen LogP) is 2.05. The minimum Gasteiger partial charge on any atom is -0.391 e. The average molecular weight is 284 g/mol. The van der Waals surface area contributed by atoms with Gasteiger partial charge in [0, 0.05) is 12.6 Å². The second-order valence-electron chi connectivity index (χ2n) is 6.67. The highest BCUT2D eigenvalue weighted by atomic mass is 16.3. The Morgan fingerprint density at radius 3 is 2.70 bits per heavy atom. The minimum atomic E-state index is -0.716. The molecule has 118 valence electrons. The van der Waals surface area contributed by atoms with Gasteiger partial charge < -0.3 is 16.2 Å². The molecule has 20 heavy (non-hydrogen) atoms. The Morgan fingerprint density at radius 2 is 2.15 bits per heavy atom. The van der Waals surface area contributed by atoms with Gasteiger partial charge in [0.15, 0.2) is 0 Å². The first kappa shape index (κ1) is 17.4. The van der Waals surface area contributed by atoms with Crippen molar-refractivity contribution < 1.29 is 9.90 Å². The highest BCUT2D eigenvalue weighted by Crippen LogP contribution is 2.33. The molecule has 0 bridgehead atoms. The Balaban J connectivity index is 2.35. The van der Waals surface area contributed by atoms with Gasteiger partial charge in [-0.1, -0.05) is 27.2 Å². The van der Waals surface area contributed by atoms with Crippen LogP contribution in [0.25, 0.3) is 0 Å². The van der Waals surface area contributed by atoms with E-state index in [0.717, 1.165) is 18.3 Å². The van der Waals surface area contributed by atoms with Crippen LogP contribution >= 0.6 is 0 Å². The molecule has 1 fully saturated rings. The molecule has 1 aliphatic rings. The lowest BCUT2D eigenvalue weighted by atomic mass is 9.75. The van der Waals surface area contributed by atoms with Gasteiger partial charge in [0.25, 0.3) is 0 Å². The van der Waals surface area contributed by atoms with Gasteiger partial charge in [-0.25, -0.2) is 0 Å². The maximum absolute atomic E-state index is 11.8. The summed E-state index contributed by atoms with van der Waals surface area (Å²) in [7, 11) is 0. The summed E-state index contributed by atoms with van der Waals surface area (Å²) in [5.74, 6) is 2.07. The fraction of sp³-hybridized carbons (Fsp3) is 0.938. The Kier molecular flexibility index (Phi) is 7.52. The van der Waals surface area contributed by atoms with Crippen molar-refractivity contribution in [3.63, 3.8) is 0 Å². The lowest BCUT2D eigenvalue weighted by molar-refractivity contribution is -0.124. The third kappa shape index (κ3) is 5.80. The topological polar surface area (TPSA) is 75.3 Å². The van der Waals surface area contributed by atoms with Gasteiger partial charge in [-0.2, -0.15) is 0 Å². The summed E-state index contributed by atoms with van der Waals surface area (Å²) in [6, 6.07) is 0.264. The number of amides is 1. The fourth-order valence-electron chi connectivity index (χ4n) is 3.23. The molecule has 0 aromatic carbocycles. The van der Waals surface area contributed by atoms with Crippen molar-refractivity contribution in [2.45, 2.75) is 71.4 Å². The molecule has 1 rings (SSSR count). The molecule has 1 amide bonds. The number of carbonyl (C=O) groups is 1. The highest BCUT2D eigenvalue weighted by molar-refractivity contribution is 5.76. The number of aliphatic hydroxyl groups excluding tert-OH is 1. The zero-order valence-corrected chi connectivity index (χ0v) is 13.3. The summed E-state index contributed by atoms with van der Waals surface area (Å²) in [6.45, 7) is 6.95. The first-order valence-electron chi connectivity index (χ1n) is 8.13. The lowest BCUT2D eigenvalue weighted by Gasteiger charge is -2.35. The van der Waals surface area contributed by atoms with E-state index in [-0.39, 0.29) is 24.9 Å². The molecule has 0 aromatic heterocycles. The molecule has 1 aliphatic carbocycles. The van der Waals surface area contributed by atoms with E-state index >= 15 is 0 Å². The molecular formula is C16H32N2O2. The van der Waals surface area contributed by atoms with Gasteiger partial charge in [-0.15, -0.1) is 0 Å². The second-order valence-corrected chi connectivity index (χ2v) is 6.67. The number of hydrogen-bond acceptors (Lipinski definition) is 3. The summed E-state index contributed by atoms with van der Waals surface area (Å²) in [5.41, 5.74) is 5.33. The number of carbonyl (C=O) groups excluding carboxylic acids is 1. The monoisotopic (exact) mass is 284 g/mol. The molecule has 4 N–H and O–H groups in total. The van der Waals surface area contributed by atoms with Crippen molar-refractivity contribution in [1.29, 1.82) is 0 Å². The van der Waals surface area contributed by atoms with Gasteiger partial charge in [0.2, 0.25) is 5.91 Å². The van der Waals surface area contributed by atoms with E-state index in [9.17, 15) is 9.90 Å². The molecule has 0 radical (unpaired) electrons. The summed E-state index contributed by atoms with van der Waals surface area (Å²) in [4.78, 5) is 11.8. The van der Waals surface area contributed by atoms with Crippen molar-refractivity contribution in [2.24, 2.45) is 23.5 Å². The summed E-state index contributed by atoms with van der Waals surface area (Å²) >= 11 is 0. The van der Waals surface area contributed by atoms with Gasteiger partial charge >= 0.3 is 0 Å². The van der Waals surface area contributed by atoms with Crippen LogP contribution in [0.2, 0.25) is 0 Å². The molecule has 4 nitrogen and oxygen atoms in total. The van der Waals surface area contributed by atoms with Crippen LogP contribution in [0, 0.1) is 17.8 Å². The molecular weight excluding hydrogens is 252 g/mol. The van der Waals surface area contributed by atoms with Crippen LogP contribution in [0.1, 0.15) is 59.3 Å². The first-order valence-corrected chi connectivity index (χ1v) is 8.13. The summed E-state index contributed by atoms with van der Waals surface area (Å²) in [6.07, 6.45) is 5.44. The van der Waals surface area contributed by atoms with E-state index in [1.54, 1.807) is 0 Å². The van der Waals surface area contributed by atoms with Crippen LogP contribution in [0.5, 0.6) is 0 Å². The van der Waals surface area contributed by atoms with E-state index in [4.69, 9.17) is 5.73 Å². The SMILES string of the molecule is CCC(C)CC1CCC(NC(=O)CC(O)CN)C(C)C1. The van der Waals surface area contributed by atoms with E-state index in [1.165, 1.54) is 25.7 Å². The minimum absolute atomic E-state index is 0.0693. The number of hydrogen-bond donors (Lipinski definition) is 3. The van der Waals surface area contributed by atoms with Gasteiger partial charge in [0.05, 0.1) is 12.5 Å². The van der Waals surface area contributed by atoms with Crippen LogP contribution in [-0.4, -0.2) is 29.7 Å². The van der Waals surface area contributed by atoms with Crippen molar-refractivity contribution in [3.05, 3.63) is 0 Å². The average Bonchev–Trinajstić information content (AvgIpc) is 2.41. The summed E-state index contributed by atoms with van der Waals surface area (Å²) in [5, 5.41) is 12.5. The Hall–Kier alpha value is -0.610. The van der Waals surface area contributed by atoms with Crippen LogP contribution in [0.3, 0.4) is 0 Å². The molecule has 0 saturated heterocycles. The van der Waals surface area contributed by atoms with Crippen LogP contribution in [-0.2, 0) is 4.79 Å². The van der Waals surface area contributed by atoms with Crippen molar-refractivity contribution in [2.75, 3.05) is 6.54 Å². The largest absolute Gasteiger partial charge is 0.391 e. The molecule has 5 atom stereocenters. The van der Waals surface area contributed by atoms with Gasteiger partial charge in [-0.05, 0) is 43.4 Å². The van der Waals surface area contributed by atoms with E-state index in [2.05, 4.69) is 26.1 Å². The molecule has 0 heterocycles. The van der Waals surface area contributed by atoms with Crippen LogP contribution < -0.4 is 11.1 Å². The van der Waals surface area contributed by atoms with Crippen molar-refractivity contribution in [1.82, 2.24) is 5.32 Å². The zero-order chi connectivity index (χ0) is 15.1. The number of nitrogens with one attached hydrogen (secondary N) is 1. The number of aliphatic hydroxyl groups is 1. The molecule has 0 aliphatic heterocycles. The normalized spacial score (nSPS) is 29.8. The Labute approximate surface area is 123 Å². The zero-order valence-electron chi connectivity index (χ0n) is 13.3. The van der Waals surface area contributed by atoms with Crippen molar-refractivity contribution >= 4 is 5.91 Å². The smallest absolute Gasteiger partial charge is 0.222 e. The maximum atomic E-state index is 11.8. The molecule has 1 saturated carbocycles. The molecule has 0 aromatic rings. The van der Waals surface area contributed by atoms with Gasteiger partial charge in [0.1, 0.15) is 0 Å². The van der Waals surface area contributed by atoms with Gasteiger partial charge in [-0.3, -0.25) is 4.79 Å². The van der Waals surface area contributed by atoms with E-state index in [0.29, 0.717) is 5.92 Å². The number of nitrogens with two attached hydrogens (primary N) is 1. The standard InChI is InChI=1S/C16H32N2O2/c1-4-11(2)7-13-5-6-15(12(3)8-13)18-16(20)9-14(19)10-17/h11-15,19H,4-10,17H2,1-3H3,(H,18,20). The second kappa shape index (κ2) is 8.63. The fourth-order valence-corrected chi connectivity index (χ4v) is 3.23. The Bertz CT molecular complexity index is 296. The maximum Gasteiger partial charge on any atom is 0.222 e. The van der Waals surface area contributed by atoms with Crippen LogP contribution in [0.15, 0.2) is 0 Å². The predicted molar refractivity (Wildman–Crippen MR) is 82.2 cm³/mol. The van der Waals surface area contributed by atoms with Crippen LogP contribution in [0.4, 0.5) is 0 Å². The van der Waals surface area contributed by atoms with E-state index < -0.39 is 6.10 Å². The first-order chi connectivity index (χ1) is 9.46. The lowest BCUT2D eigenvalue weighted by Crippen LogP contribution is -2.44. The third-order valence-corrected chi connectivity index (χ3v) is 4.75. The molecule has 0 spiro atoms. The number of rotatable bonds is 7. The van der Waals surface area contributed by atoms with E-state index in [1.807, 2.05) is 0 Å². The quantitative estimate of drug-likeness (QED) is 0.670. The highest BCUT2D eigenvalue weighted by Gasteiger charge is 2.29. The third-order valence-electron chi connectivity index (χ3n) is 4.75. The summed E-state index contributed by atoms with van der Waals surface area (Å²) < 4.78 is 0.